The van der Waals surface area contributed by atoms with Gasteiger partial charge in [-0.15, -0.1) is 0 Å². The first-order valence-electron chi connectivity index (χ1n) is 8.39. The number of nitrogens with one attached hydrogen (secondary N) is 1. The number of aromatic nitrogens is 2. The van der Waals surface area contributed by atoms with Crippen LogP contribution in [0, 0.1) is 6.92 Å². The fraction of sp³-hybridized carbons (Fsp3) is 0.200. The van der Waals surface area contributed by atoms with Crippen LogP contribution in [0.2, 0.25) is 0 Å². The number of carbonyl (C=O) groups is 1. The Bertz CT molecular complexity index is 1000. The molecule has 0 fully saturated rings. The number of hydrogen-bond donors (Lipinski definition) is 1. The summed E-state index contributed by atoms with van der Waals surface area (Å²) in [7, 11) is 1.57. The Kier molecular flexibility index (Phi) is 5.61. The first kappa shape index (κ1) is 18.3. The summed E-state index contributed by atoms with van der Waals surface area (Å²) in [6.07, 6.45) is 1.53. The van der Waals surface area contributed by atoms with E-state index in [1.165, 1.54) is 13.1 Å². The Labute approximate surface area is 157 Å². The molecule has 3 rings (SSSR count). The Morgan fingerprint density at radius 1 is 1.15 bits per heavy atom. The van der Waals surface area contributed by atoms with E-state index in [-0.39, 0.29) is 12.5 Å². The highest BCUT2D eigenvalue weighted by atomic mass is 16.5. The molecule has 2 aromatic carbocycles. The second-order valence-electron chi connectivity index (χ2n) is 5.87. The first-order valence-corrected chi connectivity index (χ1v) is 8.39. The van der Waals surface area contributed by atoms with E-state index < -0.39 is 0 Å². The predicted molar refractivity (Wildman–Crippen MR) is 103 cm³/mol. The summed E-state index contributed by atoms with van der Waals surface area (Å²) >= 11 is 0. The lowest BCUT2D eigenvalue weighted by Gasteiger charge is -2.12. The maximum absolute atomic E-state index is 10.9. The third-order valence-electron chi connectivity index (χ3n) is 3.83. The van der Waals surface area contributed by atoms with E-state index >= 15 is 0 Å². The number of methoxy groups -OCH3 is 1. The Hall–Kier alpha value is -3.48. The second-order valence-corrected chi connectivity index (χ2v) is 5.87. The molecule has 1 N–H and O–H groups in total. The summed E-state index contributed by atoms with van der Waals surface area (Å²) in [5.41, 5.74) is 6.42. The van der Waals surface area contributed by atoms with E-state index in [1.54, 1.807) is 19.2 Å². The molecule has 7 heteroatoms. The summed E-state index contributed by atoms with van der Waals surface area (Å²) < 4.78 is 11.3. The highest BCUT2D eigenvalue weighted by Gasteiger charge is 2.09. The van der Waals surface area contributed by atoms with Crippen molar-refractivity contribution in [2.75, 3.05) is 7.11 Å². The van der Waals surface area contributed by atoms with Gasteiger partial charge in [-0.2, -0.15) is 5.10 Å². The van der Waals surface area contributed by atoms with Crippen LogP contribution in [0.15, 0.2) is 47.6 Å². The van der Waals surface area contributed by atoms with Gasteiger partial charge in [0.1, 0.15) is 6.61 Å². The van der Waals surface area contributed by atoms with Gasteiger partial charge in [0.2, 0.25) is 5.91 Å². The third kappa shape index (κ3) is 4.58. The quantitative estimate of drug-likeness (QED) is 0.537. The number of amides is 1. The van der Waals surface area contributed by atoms with Gasteiger partial charge in [0.25, 0.3) is 0 Å². The molecule has 27 heavy (non-hydrogen) atoms. The molecule has 0 radical (unpaired) electrons. The minimum absolute atomic E-state index is 0.231. The highest BCUT2D eigenvalue weighted by molar-refractivity contribution is 5.82. The van der Waals surface area contributed by atoms with Crippen molar-refractivity contribution in [3.63, 3.8) is 0 Å². The summed E-state index contributed by atoms with van der Waals surface area (Å²) in [5, 5.41) is 3.84. The molecule has 0 atom stereocenters. The minimum atomic E-state index is -0.231. The van der Waals surface area contributed by atoms with Crippen LogP contribution in [0.4, 0.5) is 0 Å². The first-order chi connectivity index (χ1) is 13.1. The average Bonchev–Trinajstić information content (AvgIpc) is 2.66. The van der Waals surface area contributed by atoms with Gasteiger partial charge in [-0.1, -0.05) is 12.1 Å². The van der Waals surface area contributed by atoms with Gasteiger partial charge in [-0.05, 0) is 42.8 Å². The number of hydrogen-bond acceptors (Lipinski definition) is 6. The van der Waals surface area contributed by atoms with E-state index in [2.05, 4.69) is 20.5 Å². The molecule has 0 aliphatic carbocycles. The molecule has 1 aromatic heterocycles. The van der Waals surface area contributed by atoms with Crippen molar-refractivity contribution in [2.45, 2.75) is 20.5 Å². The molecular formula is C20H20N4O3. The van der Waals surface area contributed by atoms with Crippen LogP contribution in [0.1, 0.15) is 23.9 Å². The van der Waals surface area contributed by atoms with Crippen LogP contribution < -0.4 is 14.9 Å². The minimum Gasteiger partial charge on any atom is -0.493 e. The fourth-order valence-electron chi connectivity index (χ4n) is 2.49. The second kappa shape index (κ2) is 8.27. The Morgan fingerprint density at radius 3 is 2.59 bits per heavy atom. The van der Waals surface area contributed by atoms with Gasteiger partial charge >= 0.3 is 0 Å². The van der Waals surface area contributed by atoms with Crippen molar-refractivity contribution in [3.8, 4) is 11.5 Å². The number of rotatable bonds is 6. The van der Waals surface area contributed by atoms with Crippen LogP contribution >= 0.6 is 0 Å². The van der Waals surface area contributed by atoms with Gasteiger partial charge in [0, 0.05) is 6.92 Å². The van der Waals surface area contributed by atoms with E-state index in [0.717, 1.165) is 28.0 Å². The van der Waals surface area contributed by atoms with E-state index in [9.17, 15) is 4.79 Å². The van der Waals surface area contributed by atoms with Gasteiger partial charge in [0.05, 0.1) is 35.7 Å². The number of para-hydroxylation sites is 2. The number of aryl methyl sites for hydroxylation is 1. The van der Waals surface area contributed by atoms with E-state index in [1.807, 2.05) is 37.3 Å². The van der Waals surface area contributed by atoms with Crippen LogP contribution in [-0.4, -0.2) is 29.2 Å². The van der Waals surface area contributed by atoms with Crippen LogP contribution in [0.3, 0.4) is 0 Å². The lowest BCUT2D eigenvalue weighted by molar-refractivity contribution is -0.118. The normalized spacial score (nSPS) is 10.9. The van der Waals surface area contributed by atoms with Gasteiger partial charge in [-0.3, -0.25) is 4.79 Å². The zero-order chi connectivity index (χ0) is 19.2. The van der Waals surface area contributed by atoms with Gasteiger partial charge in [-0.25, -0.2) is 15.4 Å². The van der Waals surface area contributed by atoms with Crippen molar-refractivity contribution in [1.29, 1.82) is 0 Å². The van der Waals surface area contributed by atoms with E-state index in [0.29, 0.717) is 11.5 Å². The van der Waals surface area contributed by atoms with Crippen LogP contribution in [-0.2, 0) is 11.4 Å². The number of nitrogens with zero attached hydrogens (tertiary/aromatic N) is 3. The zero-order valence-corrected chi connectivity index (χ0v) is 15.4. The van der Waals surface area contributed by atoms with Crippen molar-refractivity contribution in [3.05, 3.63) is 59.4 Å². The smallest absolute Gasteiger partial charge is 0.236 e. The summed E-state index contributed by atoms with van der Waals surface area (Å²) in [6, 6.07) is 13.1. The maximum Gasteiger partial charge on any atom is 0.236 e. The van der Waals surface area contributed by atoms with Crippen LogP contribution in [0.5, 0.6) is 11.5 Å². The van der Waals surface area contributed by atoms with Crippen molar-refractivity contribution >= 4 is 23.2 Å². The number of ether oxygens (including phenoxy) is 2. The van der Waals surface area contributed by atoms with Crippen LogP contribution in [0.25, 0.3) is 11.0 Å². The van der Waals surface area contributed by atoms with E-state index in [4.69, 9.17) is 9.47 Å². The fourth-order valence-corrected chi connectivity index (χ4v) is 2.49. The van der Waals surface area contributed by atoms with Crippen molar-refractivity contribution < 1.29 is 14.3 Å². The average molecular weight is 364 g/mol. The molecule has 0 aliphatic rings. The standard InChI is InChI=1S/C20H20N4O3/c1-13-18(23-17-7-5-4-6-16(17)22-13)12-27-19-9-8-15(10-20(19)26-3)11-21-24-14(2)25/h4-11H,12H2,1-3H3,(H,24,25)/b21-11+. The Morgan fingerprint density at radius 2 is 1.89 bits per heavy atom. The lowest BCUT2D eigenvalue weighted by atomic mass is 10.2. The largest absolute Gasteiger partial charge is 0.493 e. The zero-order valence-electron chi connectivity index (χ0n) is 15.4. The molecule has 0 aliphatic heterocycles. The molecule has 7 nitrogen and oxygen atoms in total. The molecule has 0 unspecified atom stereocenters. The number of fused-ring (bicyclic) bond motifs is 1. The van der Waals surface area contributed by atoms with Crippen molar-refractivity contribution in [2.24, 2.45) is 5.10 Å². The lowest BCUT2D eigenvalue weighted by Crippen LogP contribution is -2.12. The van der Waals surface area contributed by atoms with Crippen molar-refractivity contribution in [1.82, 2.24) is 15.4 Å². The molecule has 0 spiro atoms. The summed E-state index contributed by atoms with van der Waals surface area (Å²) in [6.45, 7) is 3.59. The third-order valence-corrected chi connectivity index (χ3v) is 3.83. The molecule has 1 heterocycles. The highest BCUT2D eigenvalue weighted by Crippen LogP contribution is 2.28. The predicted octanol–water partition coefficient (Wildman–Crippen LogP) is 3.00. The number of benzene rings is 2. The number of carbonyl (C=O) groups excluding carboxylic acids is 1. The molecule has 138 valence electrons. The summed E-state index contributed by atoms with van der Waals surface area (Å²) in [4.78, 5) is 20.1. The molecule has 0 bridgehead atoms. The maximum atomic E-state index is 10.9. The Balaban J connectivity index is 1.76. The molecule has 0 saturated carbocycles. The molecule has 0 saturated heterocycles. The molecule has 3 aromatic rings. The topological polar surface area (TPSA) is 85.7 Å². The number of hydrazone groups is 1. The van der Waals surface area contributed by atoms with Gasteiger partial charge < -0.3 is 9.47 Å². The monoisotopic (exact) mass is 364 g/mol. The molecular weight excluding hydrogens is 344 g/mol. The van der Waals surface area contributed by atoms with Gasteiger partial charge in [0.15, 0.2) is 11.5 Å². The summed E-state index contributed by atoms with van der Waals surface area (Å²) in [5.74, 6) is 0.918. The SMILES string of the molecule is COc1cc(/C=N/NC(C)=O)ccc1OCc1nc2ccccc2nc1C. The molecule has 1 amide bonds.